The summed E-state index contributed by atoms with van der Waals surface area (Å²) >= 11 is 0. The van der Waals surface area contributed by atoms with Crippen LogP contribution in [-0.4, -0.2) is 13.2 Å². The van der Waals surface area contributed by atoms with Crippen molar-refractivity contribution in [2.24, 2.45) is 0 Å². The second-order valence-electron chi connectivity index (χ2n) is 7.03. The van der Waals surface area contributed by atoms with Gasteiger partial charge in [0.25, 0.3) is 0 Å². The summed E-state index contributed by atoms with van der Waals surface area (Å²) in [5, 5.41) is 5.16. The number of rotatable bonds is 8. The number of hydrogen-bond donors (Lipinski definition) is 1. The number of methoxy groups -OCH3 is 1. The first-order chi connectivity index (χ1) is 14.1. The highest BCUT2D eigenvalue weighted by molar-refractivity contribution is 7.76. The van der Waals surface area contributed by atoms with Crippen LogP contribution in [-0.2, 0) is 4.57 Å². The Morgan fingerprint density at radius 1 is 0.931 bits per heavy atom. The fraction of sp³-hybridized carbons (Fsp3) is 0.200. The second-order valence-corrected chi connectivity index (χ2v) is 9.54. The first-order valence-corrected chi connectivity index (χ1v) is 11.6. The predicted molar refractivity (Wildman–Crippen MR) is 124 cm³/mol. The molecule has 3 nitrogen and oxygen atoms in total. The average molecular weight is 405 g/mol. The van der Waals surface area contributed by atoms with Crippen LogP contribution >= 0.6 is 7.29 Å². The van der Waals surface area contributed by atoms with E-state index >= 15 is 0 Å². The van der Waals surface area contributed by atoms with Gasteiger partial charge in [-0.2, -0.15) is 0 Å². The van der Waals surface area contributed by atoms with E-state index in [-0.39, 0.29) is 6.04 Å². The van der Waals surface area contributed by atoms with Crippen molar-refractivity contribution >= 4 is 24.0 Å². The molecule has 0 aliphatic rings. The third kappa shape index (κ3) is 5.06. The fourth-order valence-corrected chi connectivity index (χ4v) is 5.98. The van der Waals surface area contributed by atoms with E-state index in [4.69, 9.17) is 4.74 Å². The molecule has 0 aliphatic heterocycles. The molecule has 0 radical (unpaired) electrons. The standard InChI is InChI=1S/C25H28NO2P/c1-4-25(20(2)19-21-15-17-22(28-3)18-16-21)26-29(27,23-11-7-5-8-12-23)24-13-9-6-10-14-24/h5-19,25H,4H2,1-3H3,(H,26,27)/b20-19+/t25-/m1/s1. The van der Waals surface area contributed by atoms with Crippen LogP contribution in [0.5, 0.6) is 5.75 Å². The summed E-state index contributed by atoms with van der Waals surface area (Å²) in [6, 6.07) is 27.4. The Labute approximate surface area is 173 Å². The lowest BCUT2D eigenvalue weighted by molar-refractivity contribution is 0.415. The van der Waals surface area contributed by atoms with Gasteiger partial charge in [-0.25, -0.2) is 0 Å². The first kappa shape index (κ1) is 21.1. The van der Waals surface area contributed by atoms with Gasteiger partial charge in [-0.15, -0.1) is 0 Å². The molecular weight excluding hydrogens is 377 g/mol. The fourth-order valence-electron chi connectivity index (χ4n) is 3.37. The Bertz CT molecular complexity index is 939. The molecule has 0 amide bonds. The van der Waals surface area contributed by atoms with E-state index < -0.39 is 7.29 Å². The molecule has 29 heavy (non-hydrogen) atoms. The lowest BCUT2D eigenvalue weighted by Crippen LogP contribution is -2.35. The molecule has 3 rings (SSSR count). The van der Waals surface area contributed by atoms with Gasteiger partial charge in [-0.3, -0.25) is 9.65 Å². The molecular formula is C25H28NO2P. The van der Waals surface area contributed by atoms with Crippen LogP contribution in [0.1, 0.15) is 25.8 Å². The molecule has 3 aromatic rings. The van der Waals surface area contributed by atoms with Crippen molar-refractivity contribution in [2.75, 3.05) is 7.11 Å². The molecule has 0 spiro atoms. The number of ether oxygens (including phenoxy) is 1. The van der Waals surface area contributed by atoms with Crippen molar-refractivity contribution in [1.29, 1.82) is 0 Å². The van der Waals surface area contributed by atoms with Crippen molar-refractivity contribution < 1.29 is 9.30 Å². The Morgan fingerprint density at radius 3 is 1.90 bits per heavy atom. The summed E-state index contributed by atoms with van der Waals surface area (Å²) in [7, 11) is -1.31. The highest BCUT2D eigenvalue weighted by Gasteiger charge is 2.29. The average Bonchev–Trinajstić information content (AvgIpc) is 2.79. The van der Waals surface area contributed by atoms with Gasteiger partial charge in [0.2, 0.25) is 7.29 Å². The maximum Gasteiger partial charge on any atom is 0.205 e. The zero-order valence-electron chi connectivity index (χ0n) is 17.2. The normalized spacial score (nSPS) is 13.1. The smallest absolute Gasteiger partial charge is 0.205 e. The molecule has 0 saturated heterocycles. The third-order valence-electron chi connectivity index (χ3n) is 5.05. The molecule has 3 aromatic carbocycles. The van der Waals surface area contributed by atoms with Gasteiger partial charge in [0.15, 0.2) is 0 Å². The zero-order chi connectivity index (χ0) is 20.7. The van der Waals surface area contributed by atoms with E-state index in [1.807, 2.05) is 84.9 Å². The van der Waals surface area contributed by atoms with Gasteiger partial charge in [-0.1, -0.05) is 67.1 Å². The van der Waals surface area contributed by atoms with Gasteiger partial charge >= 0.3 is 0 Å². The van der Waals surface area contributed by atoms with Crippen LogP contribution in [0.25, 0.3) is 6.08 Å². The summed E-state index contributed by atoms with van der Waals surface area (Å²) in [4.78, 5) is 0. The zero-order valence-corrected chi connectivity index (χ0v) is 18.1. The molecule has 0 heterocycles. The van der Waals surface area contributed by atoms with E-state index in [0.717, 1.165) is 33.9 Å². The topological polar surface area (TPSA) is 38.3 Å². The van der Waals surface area contributed by atoms with E-state index in [0.29, 0.717) is 0 Å². The quantitative estimate of drug-likeness (QED) is 0.510. The molecule has 0 unspecified atom stereocenters. The van der Waals surface area contributed by atoms with Gasteiger partial charge in [0.1, 0.15) is 5.75 Å². The Hall–Kier alpha value is -2.61. The lowest BCUT2D eigenvalue weighted by atomic mass is 10.0. The summed E-state index contributed by atoms with van der Waals surface area (Å²) in [5.74, 6) is 0.836. The van der Waals surface area contributed by atoms with Gasteiger partial charge in [0.05, 0.1) is 7.11 Å². The lowest BCUT2D eigenvalue weighted by Gasteiger charge is -2.27. The summed E-state index contributed by atoms with van der Waals surface area (Å²) < 4.78 is 19.5. The maximum atomic E-state index is 14.3. The minimum atomic E-state index is -2.98. The van der Waals surface area contributed by atoms with Crippen molar-refractivity contribution in [3.8, 4) is 5.75 Å². The van der Waals surface area contributed by atoms with Crippen LogP contribution in [0.15, 0.2) is 90.5 Å². The van der Waals surface area contributed by atoms with Crippen LogP contribution in [0.4, 0.5) is 0 Å². The summed E-state index contributed by atoms with van der Waals surface area (Å²) in [5.41, 5.74) is 2.24. The van der Waals surface area contributed by atoms with Crippen LogP contribution < -0.4 is 20.4 Å². The van der Waals surface area contributed by atoms with E-state index in [1.54, 1.807) is 7.11 Å². The highest BCUT2D eigenvalue weighted by Crippen LogP contribution is 2.40. The Kier molecular flexibility index (Phi) is 7.09. The van der Waals surface area contributed by atoms with Crippen molar-refractivity contribution in [2.45, 2.75) is 26.3 Å². The second kappa shape index (κ2) is 9.73. The molecule has 0 aliphatic carbocycles. The molecule has 150 valence electrons. The van der Waals surface area contributed by atoms with E-state index in [9.17, 15) is 4.57 Å². The molecule has 1 atom stereocenters. The Morgan fingerprint density at radius 2 is 1.45 bits per heavy atom. The van der Waals surface area contributed by atoms with E-state index in [2.05, 4.69) is 25.0 Å². The van der Waals surface area contributed by atoms with Crippen LogP contribution in [0, 0.1) is 0 Å². The molecule has 1 N–H and O–H groups in total. The number of benzene rings is 3. The first-order valence-electron chi connectivity index (χ1n) is 9.88. The minimum Gasteiger partial charge on any atom is -0.497 e. The molecule has 0 bridgehead atoms. The monoisotopic (exact) mass is 405 g/mol. The summed E-state index contributed by atoms with van der Waals surface area (Å²) in [6.45, 7) is 4.20. The van der Waals surface area contributed by atoms with Gasteiger partial charge in [-0.05, 0) is 55.3 Å². The molecule has 4 heteroatoms. The Balaban J connectivity index is 1.94. The van der Waals surface area contributed by atoms with Crippen molar-refractivity contribution in [3.63, 3.8) is 0 Å². The minimum absolute atomic E-state index is 0.0108. The summed E-state index contributed by atoms with van der Waals surface area (Å²) in [6.07, 6.45) is 2.98. The van der Waals surface area contributed by atoms with Gasteiger partial charge < -0.3 is 4.74 Å². The molecule has 0 saturated carbocycles. The maximum absolute atomic E-state index is 14.3. The number of hydrogen-bond acceptors (Lipinski definition) is 2. The van der Waals surface area contributed by atoms with Crippen molar-refractivity contribution in [1.82, 2.24) is 5.09 Å². The van der Waals surface area contributed by atoms with Gasteiger partial charge in [0, 0.05) is 16.7 Å². The van der Waals surface area contributed by atoms with Crippen molar-refractivity contribution in [3.05, 3.63) is 96.1 Å². The molecule has 0 fully saturated rings. The largest absolute Gasteiger partial charge is 0.497 e. The van der Waals surface area contributed by atoms with Crippen LogP contribution in [0.3, 0.4) is 0 Å². The van der Waals surface area contributed by atoms with Crippen LogP contribution in [0.2, 0.25) is 0 Å². The van der Waals surface area contributed by atoms with E-state index in [1.165, 1.54) is 0 Å². The highest BCUT2D eigenvalue weighted by atomic mass is 31.2. The SMILES string of the molecule is CC[C@@H](NP(=O)(c1ccccc1)c1ccccc1)/C(C)=C/c1ccc(OC)cc1. The molecule has 0 aromatic heterocycles. The third-order valence-corrected chi connectivity index (χ3v) is 7.77. The predicted octanol–water partition coefficient (Wildman–Crippen LogP) is 5.40. The number of nitrogens with one attached hydrogen (secondary N) is 1.